The van der Waals surface area contributed by atoms with Crippen molar-refractivity contribution in [2.75, 3.05) is 6.54 Å². The Kier molecular flexibility index (Phi) is 4.03. The number of benzene rings is 1. The summed E-state index contributed by atoms with van der Waals surface area (Å²) in [6.07, 6.45) is 0. The van der Waals surface area contributed by atoms with Crippen LogP contribution in [0.15, 0.2) is 34.7 Å². The summed E-state index contributed by atoms with van der Waals surface area (Å²) in [5.41, 5.74) is 0.345. The summed E-state index contributed by atoms with van der Waals surface area (Å²) in [4.78, 5) is 14.5. The first kappa shape index (κ1) is 16.8. The zero-order valence-corrected chi connectivity index (χ0v) is 15.0. The highest BCUT2D eigenvalue weighted by Gasteiger charge is 2.32. The molecular formula is C18H16ClFN4O2. The van der Waals surface area contributed by atoms with Gasteiger partial charge in [0.2, 0.25) is 0 Å². The highest BCUT2D eigenvalue weighted by atomic mass is 35.5. The molecule has 0 radical (unpaired) electrons. The molecule has 8 heteroatoms. The summed E-state index contributed by atoms with van der Waals surface area (Å²) in [5, 5.41) is 8.42. The van der Waals surface area contributed by atoms with E-state index in [-0.39, 0.29) is 17.0 Å². The predicted molar refractivity (Wildman–Crippen MR) is 93.3 cm³/mol. The third kappa shape index (κ3) is 2.68. The Morgan fingerprint density at radius 2 is 2.08 bits per heavy atom. The lowest BCUT2D eigenvalue weighted by atomic mass is 10.1. The molecule has 1 aliphatic heterocycles. The van der Waals surface area contributed by atoms with Crippen LogP contribution in [0.1, 0.15) is 34.9 Å². The first-order valence-electron chi connectivity index (χ1n) is 8.21. The van der Waals surface area contributed by atoms with Gasteiger partial charge in [0.15, 0.2) is 17.4 Å². The molecule has 0 bridgehead atoms. The first-order valence-corrected chi connectivity index (χ1v) is 8.59. The Morgan fingerprint density at radius 1 is 1.27 bits per heavy atom. The highest BCUT2D eigenvalue weighted by molar-refractivity contribution is 6.31. The largest absolute Gasteiger partial charge is 0.458 e. The summed E-state index contributed by atoms with van der Waals surface area (Å²) in [7, 11) is 0. The van der Waals surface area contributed by atoms with Gasteiger partial charge in [-0.25, -0.2) is 4.39 Å². The van der Waals surface area contributed by atoms with E-state index >= 15 is 0 Å². The number of furan rings is 1. The SMILES string of the molecule is Cc1ccc(-c2nnc3n2CCN(C(=O)c2ccc(F)c(Cl)c2)C3C)o1. The van der Waals surface area contributed by atoms with Gasteiger partial charge in [0.05, 0.1) is 11.1 Å². The maximum Gasteiger partial charge on any atom is 0.254 e. The van der Waals surface area contributed by atoms with Crippen LogP contribution in [-0.4, -0.2) is 32.1 Å². The normalized spacial score (nSPS) is 16.6. The molecular weight excluding hydrogens is 359 g/mol. The fourth-order valence-electron chi connectivity index (χ4n) is 3.19. The van der Waals surface area contributed by atoms with Crippen LogP contribution >= 0.6 is 11.6 Å². The number of amides is 1. The quantitative estimate of drug-likeness (QED) is 0.683. The number of aryl methyl sites for hydroxylation is 1. The summed E-state index contributed by atoms with van der Waals surface area (Å²) >= 11 is 5.80. The second-order valence-corrected chi connectivity index (χ2v) is 6.65. The molecule has 134 valence electrons. The summed E-state index contributed by atoms with van der Waals surface area (Å²) in [6, 6.07) is 7.43. The van der Waals surface area contributed by atoms with Gasteiger partial charge in [0.25, 0.3) is 5.91 Å². The summed E-state index contributed by atoms with van der Waals surface area (Å²) in [5.74, 6) is 2.01. The third-order valence-corrected chi connectivity index (χ3v) is 4.86. The highest BCUT2D eigenvalue weighted by Crippen LogP contribution is 2.30. The van der Waals surface area contributed by atoms with Crippen molar-refractivity contribution in [1.29, 1.82) is 0 Å². The lowest BCUT2D eigenvalue weighted by Crippen LogP contribution is -2.41. The monoisotopic (exact) mass is 374 g/mol. The van der Waals surface area contributed by atoms with Gasteiger partial charge in [-0.2, -0.15) is 0 Å². The van der Waals surface area contributed by atoms with Gasteiger partial charge in [-0.3, -0.25) is 4.79 Å². The lowest BCUT2D eigenvalue weighted by molar-refractivity contribution is 0.0638. The summed E-state index contributed by atoms with van der Waals surface area (Å²) < 4.78 is 21.0. The molecule has 3 heterocycles. The molecule has 3 aromatic rings. The predicted octanol–water partition coefficient (Wildman–Crippen LogP) is 3.86. The van der Waals surface area contributed by atoms with Crippen LogP contribution in [0.5, 0.6) is 0 Å². The number of aromatic nitrogens is 3. The van der Waals surface area contributed by atoms with Gasteiger partial charge in [-0.15, -0.1) is 10.2 Å². The van der Waals surface area contributed by atoms with E-state index in [1.165, 1.54) is 18.2 Å². The molecule has 0 saturated carbocycles. The number of rotatable bonds is 2. The molecule has 0 spiro atoms. The molecule has 0 fully saturated rings. The van der Waals surface area contributed by atoms with Crippen LogP contribution < -0.4 is 0 Å². The molecule has 0 N–H and O–H groups in total. The van der Waals surface area contributed by atoms with Crippen LogP contribution in [-0.2, 0) is 6.54 Å². The second kappa shape index (κ2) is 6.25. The van der Waals surface area contributed by atoms with Crippen molar-refractivity contribution in [3.63, 3.8) is 0 Å². The van der Waals surface area contributed by atoms with Crippen LogP contribution in [0.4, 0.5) is 4.39 Å². The average molecular weight is 375 g/mol. The first-order chi connectivity index (χ1) is 12.5. The zero-order valence-electron chi connectivity index (χ0n) is 14.2. The van der Waals surface area contributed by atoms with Crippen LogP contribution in [0, 0.1) is 12.7 Å². The Bertz CT molecular complexity index is 997. The number of carbonyl (C=O) groups is 1. The Morgan fingerprint density at radius 3 is 2.77 bits per heavy atom. The van der Waals surface area contributed by atoms with E-state index < -0.39 is 5.82 Å². The molecule has 4 rings (SSSR count). The van der Waals surface area contributed by atoms with Crippen LogP contribution in [0.3, 0.4) is 0 Å². The van der Waals surface area contributed by atoms with Crippen molar-refractivity contribution in [3.8, 4) is 11.6 Å². The van der Waals surface area contributed by atoms with Crippen molar-refractivity contribution in [2.45, 2.75) is 26.4 Å². The lowest BCUT2D eigenvalue weighted by Gasteiger charge is -2.33. The van der Waals surface area contributed by atoms with Gasteiger partial charge < -0.3 is 13.9 Å². The van der Waals surface area contributed by atoms with Crippen LogP contribution in [0.2, 0.25) is 5.02 Å². The third-order valence-electron chi connectivity index (χ3n) is 4.57. The second-order valence-electron chi connectivity index (χ2n) is 6.25. The number of halogens is 2. The van der Waals surface area contributed by atoms with Crippen LogP contribution in [0.25, 0.3) is 11.6 Å². The number of hydrogen-bond donors (Lipinski definition) is 0. The molecule has 6 nitrogen and oxygen atoms in total. The van der Waals surface area contributed by atoms with Crippen molar-refractivity contribution in [3.05, 3.63) is 58.3 Å². The molecule has 1 aromatic carbocycles. The van der Waals surface area contributed by atoms with Crippen molar-refractivity contribution in [2.24, 2.45) is 0 Å². The molecule has 1 amide bonds. The molecule has 1 aliphatic rings. The van der Waals surface area contributed by atoms with E-state index in [2.05, 4.69) is 10.2 Å². The van der Waals surface area contributed by atoms with E-state index in [4.69, 9.17) is 16.0 Å². The minimum absolute atomic E-state index is 0.0702. The van der Waals surface area contributed by atoms with E-state index in [0.717, 1.165) is 5.76 Å². The van der Waals surface area contributed by atoms with Gasteiger partial charge >= 0.3 is 0 Å². The molecule has 26 heavy (non-hydrogen) atoms. The van der Waals surface area contributed by atoms with Gasteiger partial charge in [0.1, 0.15) is 11.6 Å². The van der Waals surface area contributed by atoms with E-state index in [9.17, 15) is 9.18 Å². The molecule has 2 aromatic heterocycles. The van der Waals surface area contributed by atoms with Gasteiger partial charge in [0, 0.05) is 18.7 Å². The Labute approximate surface area is 154 Å². The van der Waals surface area contributed by atoms with E-state index in [1.54, 1.807) is 4.90 Å². The molecule has 0 aliphatic carbocycles. The number of hydrogen-bond acceptors (Lipinski definition) is 4. The standard InChI is InChI=1S/C18H16ClFN4O2/c1-10-3-6-15(26-10)17-22-21-16-11(2)23(7-8-24(16)17)18(25)12-4-5-14(20)13(19)9-12/h3-6,9,11H,7-8H2,1-2H3. The zero-order chi connectivity index (χ0) is 18.4. The van der Waals surface area contributed by atoms with Crippen molar-refractivity contribution in [1.82, 2.24) is 19.7 Å². The Hall–Kier alpha value is -2.67. The Balaban J connectivity index is 1.64. The smallest absolute Gasteiger partial charge is 0.254 e. The minimum Gasteiger partial charge on any atom is -0.458 e. The van der Waals surface area contributed by atoms with Crippen molar-refractivity contribution >= 4 is 17.5 Å². The maximum atomic E-state index is 13.4. The average Bonchev–Trinajstić information content (AvgIpc) is 3.23. The molecule has 0 saturated heterocycles. The molecule has 1 atom stereocenters. The topological polar surface area (TPSA) is 64.2 Å². The fraction of sp³-hybridized carbons (Fsp3) is 0.278. The van der Waals surface area contributed by atoms with E-state index in [0.29, 0.717) is 36.1 Å². The van der Waals surface area contributed by atoms with Crippen molar-refractivity contribution < 1.29 is 13.6 Å². The van der Waals surface area contributed by atoms with Gasteiger partial charge in [-0.05, 0) is 44.2 Å². The number of carbonyl (C=O) groups excluding carboxylic acids is 1. The number of nitrogens with zero attached hydrogens (tertiary/aromatic N) is 4. The van der Waals surface area contributed by atoms with E-state index in [1.807, 2.05) is 30.5 Å². The minimum atomic E-state index is -0.548. The molecule has 1 unspecified atom stereocenters. The summed E-state index contributed by atoms with van der Waals surface area (Å²) in [6.45, 7) is 4.78. The van der Waals surface area contributed by atoms with Gasteiger partial charge in [-0.1, -0.05) is 11.6 Å². The fourth-order valence-corrected chi connectivity index (χ4v) is 3.38. The maximum absolute atomic E-state index is 13.4. The number of fused-ring (bicyclic) bond motifs is 1.